The van der Waals surface area contributed by atoms with Crippen molar-refractivity contribution < 1.29 is 0 Å². The molecule has 0 aliphatic rings. The summed E-state index contributed by atoms with van der Waals surface area (Å²) in [5.74, 6) is 0.756. The highest BCUT2D eigenvalue weighted by Crippen LogP contribution is 2.34. The average Bonchev–Trinajstić information content (AvgIpc) is 2.56. The number of hydrogen-bond acceptors (Lipinski definition) is 1. The Bertz CT molecular complexity index is 234. The lowest BCUT2D eigenvalue weighted by Gasteiger charge is -2.39. The normalized spacial score (nSPS) is 12.9. The molecule has 148 valence electrons. The largest absolute Gasteiger partial charge is 0.325 e. The van der Waals surface area contributed by atoms with Crippen LogP contribution < -0.4 is 5.73 Å². The molecular weight excluding hydrogens is 405 g/mol. The van der Waals surface area contributed by atoms with Crippen LogP contribution in [0, 0.1) is 5.92 Å². The third kappa shape index (κ3) is 13.0. The Balaban J connectivity index is 0. The molecule has 0 aromatic carbocycles. The van der Waals surface area contributed by atoms with Crippen LogP contribution in [0.1, 0.15) is 130 Å². The number of halogens is 1. The molecule has 0 bridgehead atoms. The minimum Gasteiger partial charge on any atom is -0.325 e. The highest BCUT2D eigenvalue weighted by molar-refractivity contribution is 14.0. The van der Waals surface area contributed by atoms with Crippen molar-refractivity contribution in [2.75, 3.05) is 0 Å². The quantitative estimate of drug-likeness (QED) is 0.174. The Kier molecular flexibility index (Phi) is 20.7. The van der Waals surface area contributed by atoms with Crippen molar-refractivity contribution in [3.05, 3.63) is 0 Å². The zero-order chi connectivity index (χ0) is 17.4. The first-order valence-electron chi connectivity index (χ1n) is 10.9. The minimum absolute atomic E-state index is 0. The second kappa shape index (κ2) is 18.5. The van der Waals surface area contributed by atoms with Gasteiger partial charge in [0, 0.05) is 5.54 Å². The molecule has 0 spiro atoms. The summed E-state index contributed by atoms with van der Waals surface area (Å²) in [6.07, 6.45) is 21.5. The second-order valence-corrected chi connectivity index (χ2v) is 7.84. The fourth-order valence-electron chi connectivity index (χ4n) is 3.89. The summed E-state index contributed by atoms with van der Waals surface area (Å²) in [4.78, 5) is 0. The van der Waals surface area contributed by atoms with Crippen molar-refractivity contribution in [2.45, 2.75) is 136 Å². The molecule has 2 heteroatoms. The molecule has 0 fully saturated rings. The van der Waals surface area contributed by atoms with Crippen LogP contribution in [0.3, 0.4) is 0 Å². The Morgan fingerprint density at radius 3 is 1.50 bits per heavy atom. The first kappa shape index (κ1) is 26.9. The second-order valence-electron chi connectivity index (χ2n) is 7.84. The van der Waals surface area contributed by atoms with Gasteiger partial charge >= 0.3 is 0 Å². The van der Waals surface area contributed by atoms with Crippen LogP contribution in [-0.4, -0.2) is 5.54 Å². The Hall–Kier alpha value is 0.690. The average molecular weight is 454 g/mol. The summed E-state index contributed by atoms with van der Waals surface area (Å²) in [7, 11) is 0. The topological polar surface area (TPSA) is 26.0 Å². The summed E-state index contributed by atoms with van der Waals surface area (Å²) in [5, 5.41) is 0. The van der Waals surface area contributed by atoms with E-state index >= 15 is 0 Å². The van der Waals surface area contributed by atoms with E-state index in [1.807, 2.05) is 0 Å². The molecule has 24 heavy (non-hydrogen) atoms. The first-order chi connectivity index (χ1) is 11.1. The maximum atomic E-state index is 7.02. The first-order valence-corrected chi connectivity index (χ1v) is 10.9. The molecule has 1 unspecified atom stereocenters. The van der Waals surface area contributed by atoms with E-state index in [0.717, 1.165) is 5.92 Å². The number of hydrogen-bond donors (Lipinski definition) is 1. The Labute approximate surface area is 171 Å². The molecule has 0 rings (SSSR count). The smallest absolute Gasteiger partial charge is 0.0182 e. The van der Waals surface area contributed by atoms with E-state index in [4.69, 9.17) is 5.73 Å². The van der Waals surface area contributed by atoms with Gasteiger partial charge in [0.05, 0.1) is 0 Å². The summed E-state index contributed by atoms with van der Waals surface area (Å²) >= 11 is 0. The van der Waals surface area contributed by atoms with Crippen molar-refractivity contribution in [3.63, 3.8) is 0 Å². The zero-order valence-corrected chi connectivity index (χ0v) is 19.7. The van der Waals surface area contributed by atoms with E-state index < -0.39 is 0 Å². The number of unbranched alkanes of at least 4 members (excludes halogenated alkanes) is 8. The van der Waals surface area contributed by atoms with Crippen molar-refractivity contribution in [1.29, 1.82) is 0 Å². The van der Waals surface area contributed by atoms with E-state index in [1.54, 1.807) is 0 Å². The van der Waals surface area contributed by atoms with Crippen LogP contribution in [0.25, 0.3) is 0 Å². The summed E-state index contributed by atoms with van der Waals surface area (Å²) in [6, 6.07) is 0. The highest BCUT2D eigenvalue weighted by Gasteiger charge is 2.32. The molecule has 0 radical (unpaired) electrons. The van der Waals surface area contributed by atoms with Crippen molar-refractivity contribution in [1.82, 2.24) is 0 Å². The number of rotatable bonds is 17. The predicted molar refractivity (Wildman–Crippen MR) is 122 cm³/mol. The van der Waals surface area contributed by atoms with Gasteiger partial charge in [0.15, 0.2) is 0 Å². The maximum Gasteiger partial charge on any atom is 0.0182 e. The predicted octanol–water partition coefficient (Wildman–Crippen LogP) is 8.24. The maximum absolute atomic E-state index is 7.02. The van der Waals surface area contributed by atoms with Gasteiger partial charge in [0.2, 0.25) is 0 Å². The van der Waals surface area contributed by atoms with Gasteiger partial charge in [0.1, 0.15) is 0 Å². The SMILES string of the molecule is CCCCCCCCC(CCCC)C(N)(CCCC)CCCC.I. The lowest BCUT2D eigenvalue weighted by molar-refractivity contribution is 0.193. The van der Waals surface area contributed by atoms with Crippen LogP contribution >= 0.6 is 24.0 Å². The molecule has 0 aliphatic carbocycles. The zero-order valence-electron chi connectivity index (χ0n) is 17.4. The third-order valence-electron chi connectivity index (χ3n) is 5.62. The molecule has 0 heterocycles. The fourth-order valence-corrected chi connectivity index (χ4v) is 3.89. The van der Waals surface area contributed by atoms with E-state index in [-0.39, 0.29) is 29.5 Å². The van der Waals surface area contributed by atoms with Crippen molar-refractivity contribution in [3.8, 4) is 0 Å². The van der Waals surface area contributed by atoms with Crippen LogP contribution in [0.15, 0.2) is 0 Å². The van der Waals surface area contributed by atoms with Crippen LogP contribution in [0.2, 0.25) is 0 Å². The Morgan fingerprint density at radius 2 is 1.00 bits per heavy atom. The van der Waals surface area contributed by atoms with E-state index in [1.165, 1.54) is 103 Å². The molecule has 2 N–H and O–H groups in total. The van der Waals surface area contributed by atoms with Crippen LogP contribution in [-0.2, 0) is 0 Å². The van der Waals surface area contributed by atoms with Gasteiger partial charge in [-0.3, -0.25) is 0 Å². The molecule has 0 amide bonds. The molecule has 1 atom stereocenters. The van der Waals surface area contributed by atoms with Crippen molar-refractivity contribution in [2.24, 2.45) is 11.7 Å². The molecule has 0 aliphatic heterocycles. The van der Waals surface area contributed by atoms with E-state index in [9.17, 15) is 0 Å². The molecule has 0 aromatic rings. The molecular formula is C22H48IN. The summed E-state index contributed by atoms with van der Waals surface area (Å²) in [5.41, 5.74) is 7.13. The molecule has 1 nitrogen and oxygen atoms in total. The van der Waals surface area contributed by atoms with Gasteiger partial charge in [-0.25, -0.2) is 0 Å². The molecule has 0 aromatic heterocycles. The lowest BCUT2D eigenvalue weighted by atomic mass is 9.72. The lowest BCUT2D eigenvalue weighted by Crippen LogP contribution is -2.47. The van der Waals surface area contributed by atoms with Gasteiger partial charge in [-0.2, -0.15) is 0 Å². The van der Waals surface area contributed by atoms with Gasteiger partial charge in [-0.05, 0) is 31.6 Å². The van der Waals surface area contributed by atoms with E-state index in [2.05, 4.69) is 27.7 Å². The summed E-state index contributed by atoms with van der Waals surface area (Å²) < 4.78 is 0. The van der Waals surface area contributed by atoms with Crippen LogP contribution in [0.4, 0.5) is 0 Å². The molecule has 0 saturated heterocycles. The van der Waals surface area contributed by atoms with Crippen LogP contribution in [0.5, 0.6) is 0 Å². The van der Waals surface area contributed by atoms with Gasteiger partial charge in [-0.15, -0.1) is 24.0 Å². The Morgan fingerprint density at radius 1 is 0.583 bits per heavy atom. The minimum atomic E-state index is 0. The van der Waals surface area contributed by atoms with Crippen molar-refractivity contribution >= 4 is 24.0 Å². The number of nitrogens with two attached hydrogens (primary N) is 1. The van der Waals surface area contributed by atoms with Gasteiger partial charge in [0.25, 0.3) is 0 Å². The standard InChI is InChI=1S/C22H47N.HI/c1-5-9-13-14-15-16-18-21(17-10-6-2)22(23,19-11-7-3)20-12-8-4;/h21H,5-20,23H2,1-4H3;1H. The molecule has 0 saturated carbocycles. The summed E-state index contributed by atoms with van der Waals surface area (Å²) in [6.45, 7) is 9.22. The third-order valence-corrected chi connectivity index (χ3v) is 5.62. The monoisotopic (exact) mass is 453 g/mol. The highest BCUT2D eigenvalue weighted by atomic mass is 127. The van der Waals surface area contributed by atoms with Gasteiger partial charge in [-0.1, -0.05) is 105 Å². The van der Waals surface area contributed by atoms with Gasteiger partial charge < -0.3 is 5.73 Å². The van der Waals surface area contributed by atoms with E-state index in [0.29, 0.717) is 0 Å². The fraction of sp³-hybridized carbons (Fsp3) is 1.00.